The maximum absolute atomic E-state index is 12.2. The number of carbonyl (C=O) groups is 1. The summed E-state index contributed by atoms with van der Waals surface area (Å²) in [7, 11) is 0. The van der Waals surface area contributed by atoms with Gasteiger partial charge in [-0.3, -0.25) is 4.79 Å². The molecular weight excluding hydrogens is 266 g/mol. The van der Waals surface area contributed by atoms with E-state index < -0.39 is 0 Å². The van der Waals surface area contributed by atoms with E-state index in [0.29, 0.717) is 29.9 Å². The van der Waals surface area contributed by atoms with Gasteiger partial charge in [0.15, 0.2) is 0 Å². The Bertz CT molecular complexity index is 457. The Morgan fingerprint density at radius 2 is 2.16 bits per heavy atom. The van der Waals surface area contributed by atoms with Gasteiger partial charge in [-0.15, -0.1) is 0 Å². The summed E-state index contributed by atoms with van der Waals surface area (Å²) in [5.41, 5.74) is 1.64. The molecule has 0 spiro atoms. The first kappa shape index (κ1) is 12.9. The Kier molecular flexibility index (Phi) is 3.50. The fourth-order valence-corrected chi connectivity index (χ4v) is 3.35. The van der Waals surface area contributed by atoms with E-state index >= 15 is 0 Å². The second kappa shape index (κ2) is 5.13. The van der Waals surface area contributed by atoms with E-state index in [-0.39, 0.29) is 5.91 Å². The van der Waals surface area contributed by atoms with Gasteiger partial charge in [-0.1, -0.05) is 5.16 Å². The van der Waals surface area contributed by atoms with Crippen LogP contribution in [0.3, 0.4) is 0 Å². The largest absolute Gasteiger partial charge is 0.344 e. The molecule has 6 heteroatoms. The van der Waals surface area contributed by atoms with Crippen molar-refractivity contribution >= 4 is 17.5 Å². The van der Waals surface area contributed by atoms with Gasteiger partial charge in [0.05, 0.1) is 5.69 Å². The molecule has 1 aromatic rings. The number of amides is 1. The molecule has 3 heterocycles. The molecule has 2 atom stereocenters. The lowest BCUT2D eigenvalue weighted by molar-refractivity contribution is -0.130. The monoisotopic (exact) mass is 283 g/mol. The molecule has 0 aliphatic carbocycles. The Morgan fingerprint density at radius 1 is 1.47 bits per heavy atom. The zero-order valence-corrected chi connectivity index (χ0v) is 11.7. The third kappa shape index (κ3) is 2.49. The Hall–Kier alpha value is -1.07. The second-order valence-corrected chi connectivity index (χ2v) is 5.84. The summed E-state index contributed by atoms with van der Waals surface area (Å²) in [6.45, 7) is 5.73. The zero-order valence-electron chi connectivity index (χ0n) is 11.0. The maximum Gasteiger partial charge on any atom is 0.229 e. The van der Waals surface area contributed by atoms with Gasteiger partial charge in [-0.25, -0.2) is 0 Å². The summed E-state index contributed by atoms with van der Waals surface area (Å²) in [6.07, 6.45) is 1.09. The van der Waals surface area contributed by atoms with Crippen LogP contribution in [0.1, 0.15) is 17.7 Å². The topological polar surface area (TPSA) is 58.4 Å². The van der Waals surface area contributed by atoms with Gasteiger partial charge < -0.3 is 14.7 Å². The summed E-state index contributed by atoms with van der Waals surface area (Å²) in [5, 5.41) is 7.49. The molecule has 2 aliphatic heterocycles. The lowest BCUT2D eigenvalue weighted by Crippen LogP contribution is -2.32. The van der Waals surface area contributed by atoms with Crippen molar-refractivity contribution in [2.75, 3.05) is 26.2 Å². The van der Waals surface area contributed by atoms with Crippen LogP contribution in [0.15, 0.2) is 4.52 Å². The normalized spacial score (nSPS) is 25.9. The SMILES string of the molecule is Cc1noc(Cl)c1CCC(=O)N1C[C@H]2CNC[C@H]2C1. The van der Waals surface area contributed by atoms with Gasteiger partial charge in [0.1, 0.15) is 0 Å². The highest BCUT2D eigenvalue weighted by Gasteiger charge is 2.37. The minimum Gasteiger partial charge on any atom is -0.344 e. The molecule has 0 radical (unpaired) electrons. The van der Waals surface area contributed by atoms with Gasteiger partial charge in [0, 0.05) is 38.2 Å². The number of hydrogen-bond donors (Lipinski definition) is 1. The molecule has 0 bridgehead atoms. The lowest BCUT2D eigenvalue weighted by Gasteiger charge is -2.17. The summed E-state index contributed by atoms with van der Waals surface area (Å²) in [4.78, 5) is 14.2. The molecule has 1 aromatic heterocycles. The summed E-state index contributed by atoms with van der Waals surface area (Å²) in [5.74, 6) is 1.50. The number of rotatable bonds is 3. The third-order valence-electron chi connectivity index (χ3n) is 4.27. The van der Waals surface area contributed by atoms with Gasteiger partial charge in [0.2, 0.25) is 11.1 Å². The van der Waals surface area contributed by atoms with Crippen molar-refractivity contribution in [1.82, 2.24) is 15.4 Å². The van der Waals surface area contributed by atoms with E-state index in [2.05, 4.69) is 10.5 Å². The van der Waals surface area contributed by atoms with E-state index in [0.717, 1.165) is 37.4 Å². The van der Waals surface area contributed by atoms with Crippen LogP contribution in [0.4, 0.5) is 0 Å². The fraction of sp³-hybridized carbons (Fsp3) is 0.692. The van der Waals surface area contributed by atoms with Crippen molar-refractivity contribution < 1.29 is 9.32 Å². The molecule has 0 aromatic carbocycles. The number of aromatic nitrogens is 1. The van der Waals surface area contributed by atoms with Gasteiger partial charge in [-0.05, 0) is 36.8 Å². The standard InChI is InChI=1S/C13H18ClN3O2/c1-8-11(13(14)19-16-8)2-3-12(18)17-6-9-4-15-5-10(9)7-17/h9-10,15H,2-7H2,1H3/t9-,10+. The number of aryl methyl sites for hydroxylation is 1. The number of hydrogen-bond acceptors (Lipinski definition) is 4. The van der Waals surface area contributed by atoms with E-state index in [1.165, 1.54) is 0 Å². The molecule has 2 fully saturated rings. The molecule has 2 saturated heterocycles. The molecule has 1 N–H and O–H groups in total. The van der Waals surface area contributed by atoms with Gasteiger partial charge in [-0.2, -0.15) is 0 Å². The highest BCUT2D eigenvalue weighted by Crippen LogP contribution is 2.27. The lowest BCUT2D eigenvalue weighted by atomic mass is 10.0. The van der Waals surface area contributed by atoms with Crippen molar-refractivity contribution in [2.45, 2.75) is 19.8 Å². The summed E-state index contributed by atoms with van der Waals surface area (Å²) in [6, 6.07) is 0. The van der Waals surface area contributed by atoms with Crippen molar-refractivity contribution in [3.8, 4) is 0 Å². The first-order valence-corrected chi connectivity index (χ1v) is 7.12. The average Bonchev–Trinajstić information content (AvgIpc) is 3.03. The molecule has 0 unspecified atom stereocenters. The number of halogens is 1. The predicted molar refractivity (Wildman–Crippen MR) is 71.0 cm³/mol. The van der Waals surface area contributed by atoms with Crippen LogP contribution in [0, 0.1) is 18.8 Å². The fourth-order valence-electron chi connectivity index (χ4n) is 3.09. The second-order valence-electron chi connectivity index (χ2n) is 5.50. The average molecular weight is 284 g/mol. The van der Waals surface area contributed by atoms with E-state index in [1.54, 1.807) is 0 Å². The minimum atomic E-state index is 0.214. The number of carbonyl (C=O) groups excluding carboxylic acids is 1. The van der Waals surface area contributed by atoms with E-state index in [4.69, 9.17) is 16.1 Å². The molecule has 0 saturated carbocycles. The van der Waals surface area contributed by atoms with E-state index in [9.17, 15) is 4.79 Å². The molecular formula is C13H18ClN3O2. The highest BCUT2D eigenvalue weighted by atomic mass is 35.5. The number of fused-ring (bicyclic) bond motifs is 1. The molecule has 1 amide bonds. The highest BCUT2D eigenvalue weighted by molar-refractivity contribution is 6.29. The van der Waals surface area contributed by atoms with Crippen LogP contribution in [0.25, 0.3) is 0 Å². The van der Waals surface area contributed by atoms with Crippen molar-refractivity contribution in [3.05, 3.63) is 16.5 Å². The summed E-state index contributed by atoms with van der Waals surface area (Å²) < 4.78 is 4.90. The van der Waals surface area contributed by atoms with Crippen molar-refractivity contribution in [2.24, 2.45) is 11.8 Å². The van der Waals surface area contributed by atoms with Gasteiger partial charge >= 0.3 is 0 Å². The van der Waals surface area contributed by atoms with Crippen LogP contribution >= 0.6 is 11.6 Å². The van der Waals surface area contributed by atoms with Crippen LogP contribution in [-0.4, -0.2) is 42.1 Å². The van der Waals surface area contributed by atoms with E-state index in [1.807, 2.05) is 11.8 Å². The zero-order chi connectivity index (χ0) is 13.4. The minimum absolute atomic E-state index is 0.214. The maximum atomic E-state index is 12.2. The molecule has 5 nitrogen and oxygen atoms in total. The quantitative estimate of drug-likeness (QED) is 0.907. The first-order valence-electron chi connectivity index (χ1n) is 6.74. The molecule has 19 heavy (non-hydrogen) atoms. The van der Waals surface area contributed by atoms with Crippen LogP contribution < -0.4 is 5.32 Å². The number of nitrogens with zero attached hydrogens (tertiary/aromatic N) is 2. The Labute approximate surface area is 117 Å². The smallest absolute Gasteiger partial charge is 0.229 e. The molecule has 2 aliphatic rings. The molecule has 3 rings (SSSR count). The Balaban J connectivity index is 1.55. The predicted octanol–water partition coefficient (Wildman–Crippen LogP) is 1.25. The van der Waals surface area contributed by atoms with Crippen LogP contribution in [-0.2, 0) is 11.2 Å². The Morgan fingerprint density at radius 3 is 2.74 bits per heavy atom. The third-order valence-corrected chi connectivity index (χ3v) is 4.56. The number of likely N-dealkylation sites (tertiary alicyclic amines) is 1. The van der Waals surface area contributed by atoms with Crippen molar-refractivity contribution in [3.63, 3.8) is 0 Å². The van der Waals surface area contributed by atoms with Crippen LogP contribution in [0.2, 0.25) is 5.22 Å². The van der Waals surface area contributed by atoms with Crippen molar-refractivity contribution in [1.29, 1.82) is 0 Å². The van der Waals surface area contributed by atoms with Gasteiger partial charge in [0.25, 0.3) is 0 Å². The first-order chi connectivity index (χ1) is 9.15. The van der Waals surface area contributed by atoms with Crippen LogP contribution in [0.5, 0.6) is 0 Å². The molecule has 104 valence electrons. The summed E-state index contributed by atoms with van der Waals surface area (Å²) >= 11 is 5.90. The number of nitrogens with one attached hydrogen (secondary N) is 1.